The molecule has 2 heterocycles. The van der Waals surface area contributed by atoms with Crippen LogP contribution in [-0.4, -0.2) is 0 Å². The molecule has 0 saturated heterocycles. The van der Waals surface area contributed by atoms with Gasteiger partial charge in [0.1, 0.15) is 5.82 Å². The number of hydrogen-bond donors (Lipinski definition) is 0. The van der Waals surface area contributed by atoms with Crippen LogP contribution in [0.4, 0.5) is 4.39 Å². The Balaban J connectivity index is 1.88. The highest BCUT2D eigenvalue weighted by Crippen LogP contribution is 2.39. The van der Waals surface area contributed by atoms with Crippen LogP contribution in [0.15, 0.2) is 35.7 Å². The first-order valence-electron chi connectivity index (χ1n) is 5.69. The number of hydrogen-bond acceptors (Lipinski definition) is 2. The summed E-state index contributed by atoms with van der Waals surface area (Å²) in [6.07, 6.45) is 0.555. The molecule has 5 heteroatoms. The van der Waals surface area contributed by atoms with Gasteiger partial charge in [-0.2, -0.15) is 0 Å². The third-order valence-electron chi connectivity index (χ3n) is 2.91. The monoisotopic (exact) mass is 374 g/mol. The third-order valence-corrected chi connectivity index (χ3v) is 6.59. The Bertz CT molecular complexity index is 670. The predicted molar refractivity (Wildman–Crippen MR) is 86.5 cm³/mol. The second kappa shape index (κ2) is 5.52. The van der Waals surface area contributed by atoms with E-state index in [-0.39, 0.29) is 10.6 Å². The van der Waals surface area contributed by atoms with Crippen molar-refractivity contribution < 1.29 is 4.39 Å². The van der Waals surface area contributed by atoms with Crippen molar-refractivity contribution in [1.82, 2.24) is 0 Å². The molecule has 0 amide bonds. The molecule has 0 aliphatic carbocycles. The van der Waals surface area contributed by atoms with Gasteiger partial charge in [0.25, 0.3) is 0 Å². The molecule has 0 aliphatic heterocycles. The van der Waals surface area contributed by atoms with Gasteiger partial charge in [0, 0.05) is 24.9 Å². The van der Waals surface area contributed by atoms with Crippen LogP contribution in [0.1, 0.15) is 15.3 Å². The minimum Gasteiger partial charge on any atom is -0.207 e. The average Bonchev–Trinajstić information content (AvgIpc) is 2.94. The molecule has 1 aromatic carbocycles. The molecule has 0 bridgehead atoms. The second-order valence-corrected chi connectivity index (χ2v) is 7.75. The molecule has 0 nitrogen and oxygen atoms in total. The molecule has 19 heavy (non-hydrogen) atoms. The minimum absolute atomic E-state index is 0.0894. The van der Waals surface area contributed by atoms with Crippen molar-refractivity contribution in [2.45, 2.75) is 11.2 Å². The van der Waals surface area contributed by atoms with Gasteiger partial charge in [-0.15, -0.1) is 22.7 Å². The molecule has 3 rings (SSSR count). The van der Waals surface area contributed by atoms with Gasteiger partial charge in [0.15, 0.2) is 0 Å². The van der Waals surface area contributed by atoms with E-state index in [1.807, 2.05) is 0 Å². The smallest absolute Gasteiger partial charge is 0.127 e. The molecule has 0 fully saturated rings. The highest BCUT2D eigenvalue weighted by atomic mass is 79.9. The van der Waals surface area contributed by atoms with E-state index in [2.05, 4.69) is 33.4 Å². The first-order chi connectivity index (χ1) is 9.15. The fraction of sp³-hybridized carbons (Fsp3) is 0.143. The Hall–Kier alpha value is -0.420. The van der Waals surface area contributed by atoms with Crippen molar-refractivity contribution in [2.24, 2.45) is 0 Å². The van der Waals surface area contributed by atoms with E-state index in [9.17, 15) is 4.39 Å². The Morgan fingerprint density at radius 3 is 2.84 bits per heavy atom. The minimum atomic E-state index is -0.240. The first kappa shape index (κ1) is 13.6. The molecular weight excluding hydrogens is 367 g/mol. The van der Waals surface area contributed by atoms with Gasteiger partial charge in [-0.05, 0) is 36.1 Å². The van der Waals surface area contributed by atoms with Crippen molar-refractivity contribution in [2.75, 3.05) is 0 Å². The lowest BCUT2D eigenvalue weighted by atomic mass is 10.1. The fourth-order valence-electron chi connectivity index (χ4n) is 1.95. The van der Waals surface area contributed by atoms with Crippen molar-refractivity contribution in [3.8, 4) is 0 Å². The molecule has 0 saturated carbocycles. The maximum atomic E-state index is 13.8. The van der Waals surface area contributed by atoms with Crippen LogP contribution in [0, 0.1) is 5.82 Å². The zero-order valence-corrected chi connectivity index (χ0v) is 13.7. The SMILES string of the molecule is Fc1cccc(Cl)c1CC(Br)c1cc2sccc2s1. The molecule has 0 radical (unpaired) electrons. The molecule has 0 spiro atoms. The van der Waals surface area contributed by atoms with Crippen LogP contribution < -0.4 is 0 Å². The van der Waals surface area contributed by atoms with Crippen LogP contribution in [-0.2, 0) is 6.42 Å². The van der Waals surface area contributed by atoms with Gasteiger partial charge < -0.3 is 0 Å². The van der Waals surface area contributed by atoms with Gasteiger partial charge >= 0.3 is 0 Å². The first-order valence-corrected chi connectivity index (χ1v) is 8.68. The predicted octanol–water partition coefficient (Wildman–Crippen LogP) is 6.43. The molecule has 3 aromatic rings. The standard InChI is InChI=1S/C14H9BrClFS2/c15-9(6-8-10(16)2-1-3-11(8)17)13-7-14-12(19-13)4-5-18-14/h1-5,7,9H,6H2. The average molecular weight is 376 g/mol. The molecule has 2 aromatic heterocycles. The number of alkyl halides is 1. The van der Waals surface area contributed by atoms with Crippen molar-refractivity contribution in [3.05, 3.63) is 57.0 Å². The fourth-order valence-corrected chi connectivity index (χ4v) is 5.02. The second-order valence-electron chi connectivity index (χ2n) is 4.17. The highest BCUT2D eigenvalue weighted by Gasteiger charge is 2.16. The third kappa shape index (κ3) is 2.72. The maximum absolute atomic E-state index is 13.8. The molecule has 0 aliphatic rings. The summed E-state index contributed by atoms with van der Waals surface area (Å²) >= 11 is 13.2. The zero-order chi connectivity index (χ0) is 13.4. The molecule has 98 valence electrons. The van der Waals surface area contributed by atoms with Crippen LogP contribution in [0.2, 0.25) is 5.02 Å². The topological polar surface area (TPSA) is 0 Å². The normalized spacial score (nSPS) is 13.0. The van der Waals surface area contributed by atoms with Gasteiger partial charge in [-0.3, -0.25) is 0 Å². The van der Waals surface area contributed by atoms with E-state index in [0.29, 0.717) is 17.0 Å². The zero-order valence-electron chi connectivity index (χ0n) is 9.70. The Labute approximate surface area is 132 Å². The van der Waals surface area contributed by atoms with Crippen LogP contribution in [0.3, 0.4) is 0 Å². The van der Waals surface area contributed by atoms with Crippen molar-refractivity contribution >= 4 is 59.6 Å². The van der Waals surface area contributed by atoms with E-state index in [0.717, 1.165) is 0 Å². The number of fused-ring (bicyclic) bond motifs is 1. The number of rotatable bonds is 3. The van der Waals surface area contributed by atoms with Gasteiger partial charge in [0.2, 0.25) is 0 Å². The van der Waals surface area contributed by atoms with E-state index >= 15 is 0 Å². The van der Waals surface area contributed by atoms with E-state index in [4.69, 9.17) is 11.6 Å². The summed E-state index contributed by atoms with van der Waals surface area (Å²) in [6.45, 7) is 0. The summed E-state index contributed by atoms with van der Waals surface area (Å²) in [6, 6.07) is 9.09. The Kier molecular flexibility index (Phi) is 3.94. The Morgan fingerprint density at radius 2 is 2.11 bits per heavy atom. The largest absolute Gasteiger partial charge is 0.207 e. The summed E-state index contributed by atoms with van der Waals surface area (Å²) < 4.78 is 16.3. The lowest BCUT2D eigenvalue weighted by Crippen LogP contribution is -1.97. The maximum Gasteiger partial charge on any atom is 0.127 e. The summed E-state index contributed by atoms with van der Waals surface area (Å²) in [7, 11) is 0. The summed E-state index contributed by atoms with van der Waals surface area (Å²) in [5.74, 6) is -0.240. The van der Waals surface area contributed by atoms with Crippen LogP contribution in [0.5, 0.6) is 0 Å². The van der Waals surface area contributed by atoms with E-state index in [1.165, 1.54) is 20.3 Å². The van der Waals surface area contributed by atoms with Gasteiger partial charge in [-0.25, -0.2) is 4.39 Å². The van der Waals surface area contributed by atoms with E-state index in [1.54, 1.807) is 34.8 Å². The lowest BCUT2D eigenvalue weighted by Gasteiger charge is -2.10. The van der Waals surface area contributed by atoms with Crippen molar-refractivity contribution in [3.63, 3.8) is 0 Å². The molecule has 0 N–H and O–H groups in total. The number of halogens is 3. The number of benzene rings is 1. The van der Waals surface area contributed by atoms with Crippen LogP contribution in [0.25, 0.3) is 9.40 Å². The number of thiophene rings is 2. The summed E-state index contributed by atoms with van der Waals surface area (Å²) in [5, 5.41) is 2.57. The quantitative estimate of drug-likeness (QED) is 0.462. The molecule has 1 unspecified atom stereocenters. The molecule has 1 atom stereocenters. The van der Waals surface area contributed by atoms with Gasteiger partial charge in [-0.1, -0.05) is 33.6 Å². The van der Waals surface area contributed by atoms with Crippen LogP contribution >= 0.6 is 50.2 Å². The summed E-state index contributed by atoms with van der Waals surface area (Å²) in [4.78, 5) is 1.30. The van der Waals surface area contributed by atoms with E-state index < -0.39 is 0 Å². The highest BCUT2D eigenvalue weighted by molar-refractivity contribution is 9.09. The molecular formula is C14H9BrClFS2. The summed E-state index contributed by atoms with van der Waals surface area (Å²) in [5.41, 5.74) is 0.572. The van der Waals surface area contributed by atoms with Gasteiger partial charge in [0.05, 0.1) is 4.83 Å². The Morgan fingerprint density at radius 1 is 1.26 bits per heavy atom. The lowest BCUT2D eigenvalue weighted by molar-refractivity contribution is 0.609. The van der Waals surface area contributed by atoms with Crippen molar-refractivity contribution in [1.29, 1.82) is 0 Å².